The Balaban J connectivity index is 1.69. The third kappa shape index (κ3) is 4.12. The molecule has 9 heteroatoms. The third-order valence-electron chi connectivity index (χ3n) is 3.37. The van der Waals surface area contributed by atoms with Crippen LogP contribution in [0.3, 0.4) is 0 Å². The molecule has 0 aliphatic rings. The number of halogens is 3. The van der Waals surface area contributed by atoms with Crippen molar-refractivity contribution in [2.24, 2.45) is 5.10 Å². The molecule has 6 nitrogen and oxygen atoms in total. The molecule has 1 heterocycles. The molecule has 0 atom stereocenters. The summed E-state index contributed by atoms with van der Waals surface area (Å²) in [6.07, 6.45) is -3.09. The van der Waals surface area contributed by atoms with E-state index in [-0.39, 0.29) is 11.6 Å². The fraction of sp³-hybridized carbons (Fsp3) is 0.0588. The van der Waals surface area contributed by atoms with Crippen molar-refractivity contribution in [2.75, 3.05) is 5.43 Å². The number of anilines is 1. The first-order valence-electron chi connectivity index (χ1n) is 7.42. The average molecular weight is 359 g/mol. The number of hydrogen-bond acceptors (Lipinski definition) is 5. The van der Waals surface area contributed by atoms with Crippen molar-refractivity contribution in [3.63, 3.8) is 0 Å². The van der Waals surface area contributed by atoms with Gasteiger partial charge in [0.15, 0.2) is 5.69 Å². The minimum Gasteiger partial charge on any atom is -0.288 e. The van der Waals surface area contributed by atoms with E-state index in [9.17, 15) is 18.0 Å². The highest BCUT2D eigenvalue weighted by Crippen LogP contribution is 2.28. The molecule has 0 spiro atoms. The number of alkyl halides is 3. The molecule has 2 aromatic carbocycles. The summed E-state index contributed by atoms with van der Waals surface area (Å²) >= 11 is 0. The molecule has 0 saturated carbocycles. The minimum absolute atomic E-state index is 0.0119. The Labute approximate surface area is 145 Å². The van der Waals surface area contributed by atoms with E-state index in [0.29, 0.717) is 11.1 Å². The van der Waals surface area contributed by atoms with Crippen LogP contribution >= 0.6 is 0 Å². The molecule has 0 fully saturated rings. The number of nitrogens with zero attached hydrogens (tertiary/aromatic N) is 3. The summed E-state index contributed by atoms with van der Waals surface area (Å²) in [6.45, 7) is 0. The van der Waals surface area contributed by atoms with Crippen LogP contribution in [0.25, 0.3) is 11.3 Å². The molecule has 0 amide bonds. The highest BCUT2D eigenvalue weighted by atomic mass is 19.4. The van der Waals surface area contributed by atoms with Crippen molar-refractivity contribution in [1.29, 1.82) is 0 Å². The number of rotatable bonds is 4. The third-order valence-corrected chi connectivity index (χ3v) is 3.37. The molecule has 0 radical (unpaired) electrons. The van der Waals surface area contributed by atoms with Crippen LogP contribution < -0.4 is 11.0 Å². The SMILES string of the molecule is O=c1[nH]c(N/N=C\c2ccc(C(F)(F)F)cc2)nnc1-c1ccccc1. The van der Waals surface area contributed by atoms with E-state index in [1.54, 1.807) is 24.3 Å². The number of hydrogen-bond donors (Lipinski definition) is 2. The van der Waals surface area contributed by atoms with E-state index < -0.39 is 17.3 Å². The molecule has 0 aliphatic heterocycles. The van der Waals surface area contributed by atoms with Gasteiger partial charge >= 0.3 is 6.18 Å². The standard InChI is InChI=1S/C17H12F3N5O/c18-17(19,20)13-8-6-11(7-9-13)10-21-24-16-22-15(26)14(23-25-16)12-4-2-1-3-5-12/h1-10H,(H2,22,24,25,26)/b21-10-. The lowest BCUT2D eigenvalue weighted by atomic mass is 10.1. The molecule has 0 unspecified atom stereocenters. The molecule has 26 heavy (non-hydrogen) atoms. The number of nitrogens with one attached hydrogen (secondary N) is 2. The second-order valence-corrected chi connectivity index (χ2v) is 5.21. The normalized spacial score (nSPS) is 11.7. The Morgan fingerprint density at radius 1 is 1.00 bits per heavy atom. The van der Waals surface area contributed by atoms with Gasteiger partial charge in [-0.05, 0) is 17.7 Å². The zero-order chi connectivity index (χ0) is 18.6. The molecule has 2 N–H and O–H groups in total. The lowest BCUT2D eigenvalue weighted by Crippen LogP contribution is -2.15. The molecular formula is C17H12F3N5O. The molecule has 0 saturated heterocycles. The quantitative estimate of drug-likeness (QED) is 0.553. The first kappa shape index (κ1) is 17.3. The van der Waals surface area contributed by atoms with Crippen molar-refractivity contribution in [2.45, 2.75) is 6.18 Å². The van der Waals surface area contributed by atoms with E-state index in [1.807, 2.05) is 6.07 Å². The van der Waals surface area contributed by atoms with Crippen LogP contribution in [-0.2, 0) is 6.18 Å². The van der Waals surface area contributed by atoms with Crippen LogP contribution in [0.1, 0.15) is 11.1 Å². The number of aromatic amines is 1. The fourth-order valence-electron chi connectivity index (χ4n) is 2.10. The van der Waals surface area contributed by atoms with Crippen molar-refractivity contribution in [3.8, 4) is 11.3 Å². The Hall–Kier alpha value is -3.49. The predicted molar refractivity (Wildman–Crippen MR) is 90.7 cm³/mol. The Morgan fingerprint density at radius 2 is 1.69 bits per heavy atom. The molecule has 3 aromatic rings. The van der Waals surface area contributed by atoms with Gasteiger partial charge in [-0.1, -0.05) is 42.5 Å². The number of aromatic nitrogens is 3. The summed E-state index contributed by atoms with van der Waals surface area (Å²) < 4.78 is 37.5. The van der Waals surface area contributed by atoms with Gasteiger partial charge in [-0.25, -0.2) is 5.43 Å². The highest BCUT2D eigenvalue weighted by Gasteiger charge is 2.29. The minimum atomic E-state index is -4.39. The lowest BCUT2D eigenvalue weighted by Gasteiger charge is -2.05. The van der Waals surface area contributed by atoms with Gasteiger partial charge < -0.3 is 0 Å². The van der Waals surface area contributed by atoms with E-state index in [1.165, 1.54) is 18.3 Å². The van der Waals surface area contributed by atoms with Crippen molar-refractivity contribution in [1.82, 2.24) is 15.2 Å². The van der Waals surface area contributed by atoms with Crippen LogP contribution in [0.4, 0.5) is 19.1 Å². The van der Waals surface area contributed by atoms with Crippen LogP contribution in [0, 0.1) is 0 Å². The van der Waals surface area contributed by atoms with Gasteiger partial charge in [0.1, 0.15) is 0 Å². The number of benzene rings is 2. The Kier molecular flexibility index (Phi) is 4.78. The molecule has 132 valence electrons. The zero-order valence-corrected chi connectivity index (χ0v) is 13.2. The van der Waals surface area contributed by atoms with Gasteiger partial charge in [0.25, 0.3) is 5.56 Å². The van der Waals surface area contributed by atoms with Gasteiger partial charge in [0.05, 0.1) is 11.8 Å². The summed E-state index contributed by atoms with van der Waals surface area (Å²) in [5, 5.41) is 11.5. The maximum Gasteiger partial charge on any atom is 0.416 e. The lowest BCUT2D eigenvalue weighted by molar-refractivity contribution is -0.137. The van der Waals surface area contributed by atoms with E-state index in [2.05, 4.69) is 25.7 Å². The molecule has 0 bridgehead atoms. The van der Waals surface area contributed by atoms with Gasteiger partial charge in [0, 0.05) is 5.56 Å². The van der Waals surface area contributed by atoms with Crippen molar-refractivity contribution < 1.29 is 13.2 Å². The second-order valence-electron chi connectivity index (χ2n) is 5.21. The van der Waals surface area contributed by atoms with Gasteiger partial charge in [0.2, 0.25) is 5.95 Å². The average Bonchev–Trinajstić information content (AvgIpc) is 2.62. The van der Waals surface area contributed by atoms with Crippen LogP contribution in [-0.4, -0.2) is 21.4 Å². The van der Waals surface area contributed by atoms with Gasteiger partial charge in [-0.3, -0.25) is 9.78 Å². The van der Waals surface area contributed by atoms with Crippen LogP contribution in [0.2, 0.25) is 0 Å². The zero-order valence-electron chi connectivity index (χ0n) is 13.2. The molecule has 0 aliphatic carbocycles. The highest BCUT2D eigenvalue weighted by molar-refractivity contribution is 5.80. The first-order chi connectivity index (χ1) is 12.4. The first-order valence-corrected chi connectivity index (χ1v) is 7.42. The maximum atomic E-state index is 12.5. The van der Waals surface area contributed by atoms with Crippen LogP contribution in [0.15, 0.2) is 64.5 Å². The van der Waals surface area contributed by atoms with Gasteiger partial charge in [-0.15, -0.1) is 10.2 Å². The predicted octanol–water partition coefficient (Wildman–Crippen LogP) is 3.30. The van der Waals surface area contributed by atoms with Crippen molar-refractivity contribution in [3.05, 3.63) is 76.1 Å². The molecule has 1 aromatic heterocycles. The van der Waals surface area contributed by atoms with E-state index in [0.717, 1.165) is 12.1 Å². The second kappa shape index (κ2) is 7.18. The van der Waals surface area contributed by atoms with E-state index >= 15 is 0 Å². The maximum absolute atomic E-state index is 12.5. The fourth-order valence-corrected chi connectivity index (χ4v) is 2.10. The molecular weight excluding hydrogens is 347 g/mol. The van der Waals surface area contributed by atoms with Crippen LogP contribution in [0.5, 0.6) is 0 Å². The largest absolute Gasteiger partial charge is 0.416 e. The van der Waals surface area contributed by atoms with Crippen molar-refractivity contribution >= 4 is 12.2 Å². The number of H-pyrrole nitrogens is 1. The number of hydrazone groups is 1. The smallest absolute Gasteiger partial charge is 0.288 e. The van der Waals surface area contributed by atoms with E-state index in [4.69, 9.17) is 0 Å². The monoisotopic (exact) mass is 359 g/mol. The summed E-state index contributed by atoms with van der Waals surface area (Å²) in [5.41, 5.74) is 2.53. The summed E-state index contributed by atoms with van der Waals surface area (Å²) in [4.78, 5) is 14.5. The Bertz CT molecular complexity index is 966. The van der Waals surface area contributed by atoms with Gasteiger partial charge in [-0.2, -0.15) is 18.3 Å². The summed E-state index contributed by atoms with van der Waals surface area (Å²) in [5.74, 6) is 0.0119. The Morgan fingerprint density at radius 3 is 2.31 bits per heavy atom. The summed E-state index contributed by atoms with van der Waals surface area (Å²) in [7, 11) is 0. The summed E-state index contributed by atoms with van der Waals surface area (Å²) in [6, 6.07) is 13.3. The molecule has 3 rings (SSSR count). The topological polar surface area (TPSA) is 83.0 Å².